The third-order valence-electron chi connectivity index (χ3n) is 3.25. The zero-order valence-corrected chi connectivity index (χ0v) is 14.2. The maximum absolute atomic E-state index is 11.5. The SMILES string of the molecule is CC(C)(C)OC(=O)NCCCc1ccc(CCCCN)cc1. The number of aryl methyl sites for hydroxylation is 2. The van der Waals surface area contributed by atoms with E-state index in [-0.39, 0.29) is 6.09 Å². The topological polar surface area (TPSA) is 64.3 Å². The lowest BCUT2D eigenvalue weighted by molar-refractivity contribution is 0.0527. The van der Waals surface area contributed by atoms with E-state index in [9.17, 15) is 4.79 Å². The van der Waals surface area contributed by atoms with Gasteiger partial charge in [0.25, 0.3) is 0 Å². The van der Waals surface area contributed by atoms with E-state index < -0.39 is 5.60 Å². The van der Waals surface area contributed by atoms with Gasteiger partial charge >= 0.3 is 6.09 Å². The Morgan fingerprint density at radius 2 is 1.59 bits per heavy atom. The third kappa shape index (κ3) is 8.67. The van der Waals surface area contributed by atoms with Crippen LogP contribution >= 0.6 is 0 Å². The van der Waals surface area contributed by atoms with Crippen molar-refractivity contribution in [2.75, 3.05) is 13.1 Å². The second kappa shape index (κ2) is 9.46. The highest BCUT2D eigenvalue weighted by Gasteiger charge is 2.15. The highest BCUT2D eigenvalue weighted by Crippen LogP contribution is 2.10. The number of carbonyl (C=O) groups excluding carboxylic acids is 1. The third-order valence-corrected chi connectivity index (χ3v) is 3.25. The predicted octanol–water partition coefficient (Wildman–Crippen LogP) is 3.43. The molecule has 4 heteroatoms. The van der Waals surface area contributed by atoms with Gasteiger partial charge in [0, 0.05) is 6.54 Å². The van der Waals surface area contributed by atoms with Crippen LogP contribution in [0.5, 0.6) is 0 Å². The summed E-state index contributed by atoms with van der Waals surface area (Å²) in [6.45, 7) is 6.99. The fourth-order valence-corrected chi connectivity index (χ4v) is 2.14. The molecule has 0 aromatic heterocycles. The van der Waals surface area contributed by atoms with Gasteiger partial charge in [0.2, 0.25) is 0 Å². The highest BCUT2D eigenvalue weighted by atomic mass is 16.6. The average Bonchev–Trinajstić information content (AvgIpc) is 2.43. The molecule has 0 atom stereocenters. The number of nitrogens with two attached hydrogens (primary N) is 1. The van der Waals surface area contributed by atoms with Crippen molar-refractivity contribution in [3.8, 4) is 0 Å². The Hall–Kier alpha value is -1.55. The first-order valence-electron chi connectivity index (χ1n) is 8.15. The maximum atomic E-state index is 11.5. The molecule has 0 aliphatic heterocycles. The molecule has 3 N–H and O–H groups in total. The van der Waals surface area contributed by atoms with Crippen molar-refractivity contribution in [3.63, 3.8) is 0 Å². The van der Waals surface area contributed by atoms with Crippen molar-refractivity contribution < 1.29 is 9.53 Å². The molecule has 0 spiro atoms. The van der Waals surface area contributed by atoms with Gasteiger partial charge in [-0.3, -0.25) is 0 Å². The number of nitrogens with one attached hydrogen (secondary N) is 1. The van der Waals surface area contributed by atoms with Crippen LogP contribution in [0.2, 0.25) is 0 Å². The largest absolute Gasteiger partial charge is 0.444 e. The molecule has 124 valence electrons. The van der Waals surface area contributed by atoms with Crippen molar-refractivity contribution in [3.05, 3.63) is 35.4 Å². The molecule has 0 unspecified atom stereocenters. The molecule has 0 saturated heterocycles. The standard InChI is InChI=1S/C18H30N2O2/c1-18(2,3)22-17(21)20-14-6-8-16-11-9-15(10-12-16)7-4-5-13-19/h9-12H,4-8,13-14,19H2,1-3H3,(H,20,21). The van der Waals surface area contributed by atoms with Gasteiger partial charge in [-0.05, 0) is 70.5 Å². The van der Waals surface area contributed by atoms with Crippen LogP contribution in [0.15, 0.2) is 24.3 Å². The van der Waals surface area contributed by atoms with Crippen LogP contribution in [-0.2, 0) is 17.6 Å². The molecular weight excluding hydrogens is 276 g/mol. The number of carbonyl (C=O) groups is 1. The van der Waals surface area contributed by atoms with Crippen molar-refractivity contribution >= 4 is 6.09 Å². The molecule has 1 aromatic rings. The summed E-state index contributed by atoms with van der Waals surface area (Å²) < 4.78 is 5.19. The number of hydrogen-bond acceptors (Lipinski definition) is 3. The van der Waals surface area contributed by atoms with E-state index >= 15 is 0 Å². The summed E-state index contributed by atoms with van der Waals surface area (Å²) >= 11 is 0. The lowest BCUT2D eigenvalue weighted by Crippen LogP contribution is -2.33. The number of ether oxygens (including phenoxy) is 1. The Morgan fingerprint density at radius 1 is 1.05 bits per heavy atom. The van der Waals surface area contributed by atoms with Crippen molar-refractivity contribution in [1.29, 1.82) is 0 Å². The summed E-state index contributed by atoms with van der Waals surface area (Å²) in [7, 11) is 0. The summed E-state index contributed by atoms with van der Waals surface area (Å²) in [6.07, 6.45) is 4.85. The van der Waals surface area contributed by atoms with E-state index in [2.05, 4.69) is 29.6 Å². The Kier molecular flexibility index (Phi) is 7.96. The molecule has 22 heavy (non-hydrogen) atoms. The van der Waals surface area contributed by atoms with E-state index in [1.165, 1.54) is 11.1 Å². The Balaban J connectivity index is 2.21. The van der Waals surface area contributed by atoms with E-state index in [4.69, 9.17) is 10.5 Å². The van der Waals surface area contributed by atoms with Gasteiger partial charge in [0.1, 0.15) is 5.60 Å². The first-order valence-corrected chi connectivity index (χ1v) is 8.15. The minimum atomic E-state index is -0.441. The first kappa shape index (κ1) is 18.5. The van der Waals surface area contributed by atoms with Gasteiger partial charge in [0.05, 0.1) is 0 Å². The summed E-state index contributed by atoms with van der Waals surface area (Å²) in [4.78, 5) is 11.5. The monoisotopic (exact) mass is 306 g/mol. The van der Waals surface area contributed by atoms with Gasteiger partial charge in [-0.2, -0.15) is 0 Å². The number of unbranched alkanes of at least 4 members (excludes halogenated alkanes) is 1. The van der Waals surface area contributed by atoms with E-state index in [0.717, 1.165) is 38.6 Å². The quantitative estimate of drug-likeness (QED) is 0.723. The Bertz CT molecular complexity index is 435. The lowest BCUT2D eigenvalue weighted by Gasteiger charge is -2.19. The van der Waals surface area contributed by atoms with Crippen LogP contribution in [0.25, 0.3) is 0 Å². The van der Waals surface area contributed by atoms with Gasteiger partial charge in [-0.1, -0.05) is 24.3 Å². The van der Waals surface area contributed by atoms with Crippen LogP contribution < -0.4 is 11.1 Å². The molecule has 0 aliphatic rings. The second-order valence-corrected chi connectivity index (χ2v) is 6.59. The molecule has 0 bridgehead atoms. The average molecular weight is 306 g/mol. The van der Waals surface area contributed by atoms with E-state index in [1.807, 2.05) is 20.8 Å². The van der Waals surface area contributed by atoms with Crippen LogP contribution in [0.4, 0.5) is 4.79 Å². The number of hydrogen-bond donors (Lipinski definition) is 2. The van der Waals surface area contributed by atoms with Crippen molar-refractivity contribution in [1.82, 2.24) is 5.32 Å². The molecular formula is C18H30N2O2. The Morgan fingerprint density at radius 3 is 2.09 bits per heavy atom. The summed E-state index contributed by atoms with van der Waals surface area (Å²) in [5.41, 5.74) is 7.72. The number of alkyl carbamates (subject to hydrolysis) is 1. The summed E-state index contributed by atoms with van der Waals surface area (Å²) in [5, 5.41) is 2.78. The molecule has 1 amide bonds. The smallest absolute Gasteiger partial charge is 0.407 e. The Labute approximate surface area is 134 Å². The van der Waals surface area contributed by atoms with Crippen LogP contribution in [0, 0.1) is 0 Å². The van der Waals surface area contributed by atoms with Gasteiger partial charge in [0.15, 0.2) is 0 Å². The van der Waals surface area contributed by atoms with Crippen LogP contribution in [-0.4, -0.2) is 24.8 Å². The zero-order chi connectivity index (χ0) is 16.4. The van der Waals surface area contributed by atoms with Crippen molar-refractivity contribution in [2.45, 2.75) is 58.5 Å². The molecule has 0 radical (unpaired) electrons. The zero-order valence-electron chi connectivity index (χ0n) is 14.2. The fourth-order valence-electron chi connectivity index (χ4n) is 2.14. The molecule has 0 aliphatic carbocycles. The highest BCUT2D eigenvalue weighted by molar-refractivity contribution is 5.67. The minimum Gasteiger partial charge on any atom is -0.444 e. The van der Waals surface area contributed by atoms with Gasteiger partial charge in [-0.15, -0.1) is 0 Å². The molecule has 1 rings (SSSR count). The van der Waals surface area contributed by atoms with Crippen LogP contribution in [0.3, 0.4) is 0 Å². The van der Waals surface area contributed by atoms with E-state index in [0.29, 0.717) is 6.54 Å². The maximum Gasteiger partial charge on any atom is 0.407 e. The number of amides is 1. The van der Waals surface area contributed by atoms with Crippen LogP contribution in [0.1, 0.15) is 51.2 Å². The predicted molar refractivity (Wildman–Crippen MR) is 91.0 cm³/mol. The first-order chi connectivity index (χ1) is 10.4. The molecule has 0 saturated carbocycles. The van der Waals surface area contributed by atoms with Gasteiger partial charge < -0.3 is 15.8 Å². The van der Waals surface area contributed by atoms with E-state index in [1.54, 1.807) is 0 Å². The minimum absolute atomic E-state index is 0.345. The van der Waals surface area contributed by atoms with Crippen molar-refractivity contribution in [2.24, 2.45) is 5.73 Å². The molecule has 0 heterocycles. The molecule has 1 aromatic carbocycles. The number of rotatable bonds is 8. The summed E-state index contributed by atoms with van der Waals surface area (Å²) in [6, 6.07) is 8.72. The molecule has 0 fully saturated rings. The summed E-state index contributed by atoms with van der Waals surface area (Å²) in [5.74, 6) is 0. The van der Waals surface area contributed by atoms with Gasteiger partial charge in [-0.25, -0.2) is 4.79 Å². The normalized spacial score (nSPS) is 11.3. The second-order valence-electron chi connectivity index (χ2n) is 6.59. The fraction of sp³-hybridized carbons (Fsp3) is 0.611. The lowest BCUT2D eigenvalue weighted by atomic mass is 10.0. The number of benzene rings is 1. The molecule has 4 nitrogen and oxygen atoms in total.